The molecule has 0 unspecified atom stereocenters. The average molecular weight is 470 g/mol. The molecular weight excluding hydrogens is 438 g/mol. The van der Waals surface area contributed by atoms with Crippen LogP contribution >= 0.6 is 0 Å². The second-order valence-corrected chi connectivity index (χ2v) is 7.72. The van der Waals surface area contributed by atoms with Crippen molar-refractivity contribution in [2.24, 2.45) is 0 Å². The molecule has 9 heteroatoms. The van der Waals surface area contributed by atoms with Gasteiger partial charge in [0.1, 0.15) is 23.8 Å². The number of hydrogen-bond donors (Lipinski definition) is 1. The molecule has 34 heavy (non-hydrogen) atoms. The third kappa shape index (κ3) is 6.48. The van der Waals surface area contributed by atoms with Gasteiger partial charge in [0.2, 0.25) is 5.91 Å². The van der Waals surface area contributed by atoms with Crippen LogP contribution in [0.4, 0.5) is 5.69 Å². The lowest BCUT2D eigenvalue weighted by atomic mass is 10.1. The van der Waals surface area contributed by atoms with Crippen LogP contribution in [-0.4, -0.2) is 75.5 Å². The highest BCUT2D eigenvalue weighted by atomic mass is 16.5. The molecular formula is C25H31N3O6. The fourth-order valence-electron chi connectivity index (χ4n) is 3.56. The van der Waals surface area contributed by atoms with E-state index in [0.717, 1.165) is 19.6 Å². The summed E-state index contributed by atoms with van der Waals surface area (Å²) in [4.78, 5) is 41.3. The molecule has 2 aromatic rings. The molecule has 1 N–H and O–H groups in total. The predicted molar refractivity (Wildman–Crippen MR) is 128 cm³/mol. The summed E-state index contributed by atoms with van der Waals surface area (Å²) in [6, 6.07) is 11.8. The van der Waals surface area contributed by atoms with E-state index in [-0.39, 0.29) is 37.4 Å². The van der Waals surface area contributed by atoms with Crippen LogP contribution in [0.3, 0.4) is 0 Å². The number of methoxy groups -OCH3 is 1. The Morgan fingerprint density at radius 1 is 1.12 bits per heavy atom. The summed E-state index contributed by atoms with van der Waals surface area (Å²) < 4.78 is 16.2. The second kappa shape index (κ2) is 12.0. The SMILES string of the molecule is CCN(CC)CCNC(=O)CN1C(=O)COc2ccc(C(=O)COc3cccc(OC)c3)cc21. The molecule has 0 atom stereocenters. The zero-order chi connectivity index (χ0) is 24.5. The summed E-state index contributed by atoms with van der Waals surface area (Å²) in [5, 5.41) is 2.85. The molecule has 0 fully saturated rings. The normalized spacial score (nSPS) is 12.7. The number of carbonyl (C=O) groups is 3. The van der Waals surface area contributed by atoms with Crippen molar-refractivity contribution >= 4 is 23.3 Å². The number of ether oxygens (including phenoxy) is 3. The molecule has 0 saturated heterocycles. The fraction of sp³-hybridized carbons (Fsp3) is 0.400. The van der Waals surface area contributed by atoms with E-state index < -0.39 is 0 Å². The van der Waals surface area contributed by atoms with Crippen LogP contribution in [0, 0.1) is 0 Å². The third-order valence-electron chi connectivity index (χ3n) is 5.58. The van der Waals surface area contributed by atoms with Gasteiger partial charge in [-0.05, 0) is 43.4 Å². The summed E-state index contributed by atoms with van der Waals surface area (Å²) in [6.07, 6.45) is 0. The van der Waals surface area contributed by atoms with Crippen molar-refractivity contribution < 1.29 is 28.6 Å². The lowest BCUT2D eigenvalue weighted by molar-refractivity contribution is -0.125. The number of hydrogen-bond acceptors (Lipinski definition) is 7. The first kappa shape index (κ1) is 25.0. The zero-order valence-corrected chi connectivity index (χ0v) is 19.8. The molecule has 0 aliphatic carbocycles. The van der Waals surface area contributed by atoms with Crippen LogP contribution in [0.5, 0.6) is 17.2 Å². The maximum atomic E-state index is 12.7. The highest BCUT2D eigenvalue weighted by molar-refractivity contribution is 6.04. The summed E-state index contributed by atoms with van der Waals surface area (Å²) in [5.74, 6) is 0.690. The van der Waals surface area contributed by atoms with E-state index in [9.17, 15) is 14.4 Å². The van der Waals surface area contributed by atoms with E-state index in [1.54, 1.807) is 49.6 Å². The Bertz CT molecular complexity index is 1020. The molecule has 1 aliphatic heterocycles. The lowest BCUT2D eigenvalue weighted by Crippen LogP contribution is -2.46. The van der Waals surface area contributed by atoms with Crippen molar-refractivity contribution in [3.05, 3.63) is 48.0 Å². The second-order valence-electron chi connectivity index (χ2n) is 7.72. The first-order valence-electron chi connectivity index (χ1n) is 11.3. The van der Waals surface area contributed by atoms with Crippen molar-refractivity contribution in [2.45, 2.75) is 13.8 Å². The molecule has 0 radical (unpaired) electrons. The molecule has 2 amide bonds. The van der Waals surface area contributed by atoms with Crippen LogP contribution < -0.4 is 24.4 Å². The van der Waals surface area contributed by atoms with Gasteiger partial charge in [0.05, 0.1) is 12.8 Å². The molecule has 0 bridgehead atoms. The maximum absolute atomic E-state index is 12.7. The number of likely N-dealkylation sites (N-methyl/N-ethyl adjacent to an activating group) is 1. The Balaban J connectivity index is 1.65. The van der Waals surface area contributed by atoms with E-state index in [2.05, 4.69) is 24.1 Å². The highest BCUT2D eigenvalue weighted by Gasteiger charge is 2.28. The van der Waals surface area contributed by atoms with E-state index >= 15 is 0 Å². The van der Waals surface area contributed by atoms with E-state index in [0.29, 0.717) is 35.0 Å². The molecule has 1 heterocycles. The molecule has 1 aliphatic rings. The number of benzene rings is 2. The minimum absolute atomic E-state index is 0.147. The first-order chi connectivity index (χ1) is 16.4. The van der Waals surface area contributed by atoms with Gasteiger partial charge >= 0.3 is 0 Å². The number of Topliss-reactive ketones (excluding diaryl/α,β-unsaturated/α-hetero) is 1. The minimum atomic E-state index is -0.344. The van der Waals surface area contributed by atoms with Gasteiger partial charge in [0, 0.05) is 24.7 Å². The van der Waals surface area contributed by atoms with Gasteiger partial charge in [0.15, 0.2) is 19.0 Å². The van der Waals surface area contributed by atoms with E-state index in [4.69, 9.17) is 14.2 Å². The van der Waals surface area contributed by atoms with Crippen molar-refractivity contribution in [3.8, 4) is 17.2 Å². The molecule has 0 spiro atoms. The van der Waals surface area contributed by atoms with Gasteiger partial charge in [0.25, 0.3) is 5.91 Å². The maximum Gasteiger partial charge on any atom is 0.265 e. The number of amides is 2. The average Bonchev–Trinajstić information content (AvgIpc) is 2.86. The summed E-state index contributed by atoms with van der Waals surface area (Å²) in [7, 11) is 1.55. The molecule has 0 aromatic heterocycles. The van der Waals surface area contributed by atoms with Crippen LogP contribution in [0.25, 0.3) is 0 Å². The summed E-state index contributed by atoms with van der Waals surface area (Å²) in [5.41, 5.74) is 0.745. The number of ketones is 1. The topological polar surface area (TPSA) is 97.4 Å². The largest absolute Gasteiger partial charge is 0.497 e. The molecule has 9 nitrogen and oxygen atoms in total. The molecule has 0 saturated carbocycles. The molecule has 2 aromatic carbocycles. The van der Waals surface area contributed by atoms with E-state index in [1.165, 1.54) is 4.90 Å². The standard InChI is InChI=1S/C25H31N3O6/c1-4-27(5-2)12-11-26-24(30)15-28-21-13-18(9-10-23(21)34-17-25(28)31)22(29)16-33-20-8-6-7-19(14-20)32-3/h6-10,13-14H,4-5,11-12,15-17H2,1-3H3,(H,26,30). The number of carbonyl (C=O) groups excluding carboxylic acids is 3. The third-order valence-corrected chi connectivity index (χ3v) is 5.58. The van der Waals surface area contributed by atoms with Gasteiger partial charge in [-0.25, -0.2) is 0 Å². The minimum Gasteiger partial charge on any atom is -0.497 e. The molecule has 3 rings (SSSR count). The lowest BCUT2D eigenvalue weighted by Gasteiger charge is -2.29. The zero-order valence-electron chi connectivity index (χ0n) is 19.8. The smallest absolute Gasteiger partial charge is 0.265 e. The van der Waals surface area contributed by atoms with Gasteiger partial charge in [-0.3, -0.25) is 19.3 Å². The Hall–Kier alpha value is -3.59. The number of rotatable bonds is 12. The monoisotopic (exact) mass is 469 g/mol. The Morgan fingerprint density at radius 3 is 2.62 bits per heavy atom. The Kier molecular flexibility index (Phi) is 8.86. The first-order valence-corrected chi connectivity index (χ1v) is 11.3. The van der Waals surface area contributed by atoms with Crippen LogP contribution in [0.1, 0.15) is 24.2 Å². The van der Waals surface area contributed by atoms with Gasteiger partial charge in [-0.2, -0.15) is 0 Å². The molecule has 182 valence electrons. The van der Waals surface area contributed by atoms with Crippen molar-refractivity contribution in [3.63, 3.8) is 0 Å². The highest BCUT2D eigenvalue weighted by Crippen LogP contribution is 2.33. The Morgan fingerprint density at radius 2 is 1.88 bits per heavy atom. The summed E-state index contributed by atoms with van der Waals surface area (Å²) >= 11 is 0. The predicted octanol–water partition coefficient (Wildman–Crippen LogP) is 2.14. The van der Waals surface area contributed by atoms with Crippen LogP contribution in [0.15, 0.2) is 42.5 Å². The number of nitrogens with zero attached hydrogens (tertiary/aromatic N) is 2. The summed E-state index contributed by atoms with van der Waals surface area (Å²) in [6.45, 7) is 6.67. The van der Waals surface area contributed by atoms with Crippen molar-refractivity contribution in [2.75, 3.05) is 57.9 Å². The van der Waals surface area contributed by atoms with Gasteiger partial charge in [-0.1, -0.05) is 19.9 Å². The van der Waals surface area contributed by atoms with Crippen LogP contribution in [-0.2, 0) is 9.59 Å². The number of anilines is 1. The fourth-order valence-corrected chi connectivity index (χ4v) is 3.56. The van der Waals surface area contributed by atoms with Crippen molar-refractivity contribution in [1.82, 2.24) is 10.2 Å². The van der Waals surface area contributed by atoms with Gasteiger partial charge in [-0.15, -0.1) is 0 Å². The van der Waals surface area contributed by atoms with Crippen LogP contribution in [0.2, 0.25) is 0 Å². The Labute approximate surface area is 199 Å². The number of nitrogens with one attached hydrogen (secondary N) is 1. The number of fused-ring (bicyclic) bond motifs is 1. The quantitative estimate of drug-likeness (QED) is 0.476. The van der Waals surface area contributed by atoms with E-state index in [1.807, 2.05) is 0 Å². The van der Waals surface area contributed by atoms with Crippen molar-refractivity contribution in [1.29, 1.82) is 0 Å². The van der Waals surface area contributed by atoms with Gasteiger partial charge < -0.3 is 24.4 Å².